The van der Waals surface area contributed by atoms with Crippen LogP contribution >= 0.6 is 0 Å². The summed E-state index contributed by atoms with van der Waals surface area (Å²) in [6, 6.07) is 5.17. The lowest BCUT2D eigenvalue weighted by Gasteiger charge is -2.11. The first-order valence-corrected chi connectivity index (χ1v) is 7.96. The molecule has 26 heavy (non-hydrogen) atoms. The zero-order chi connectivity index (χ0) is 18.9. The number of fused-ring (bicyclic) bond motifs is 1. The van der Waals surface area contributed by atoms with Crippen LogP contribution in [0.5, 0.6) is 0 Å². The van der Waals surface area contributed by atoms with Crippen LogP contribution in [0.4, 0.5) is 13.2 Å². The highest BCUT2D eigenvalue weighted by Gasteiger charge is 2.30. The van der Waals surface area contributed by atoms with Crippen LogP contribution in [0.15, 0.2) is 36.7 Å². The molecule has 1 aromatic carbocycles. The molecule has 0 saturated heterocycles. The van der Waals surface area contributed by atoms with Crippen molar-refractivity contribution in [3.8, 4) is 0 Å². The van der Waals surface area contributed by atoms with Gasteiger partial charge >= 0.3 is 12.1 Å². The Morgan fingerprint density at radius 2 is 2.04 bits per heavy atom. The Bertz CT molecular complexity index is 964. The standard InChI is InChI=1S/C18H16F3N3O2/c1-3-26-17(25)15-10-23-24-11(2)13(9-22-16(15)24)7-12-5-4-6-14(8-12)18(19,20)21/h4-6,8-10H,3,7H2,1-2H3. The van der Waals surface area contributed by atoms with Gasteiger partial charge in [-0.2, -0.15) is 18.3 Å². The Morgan fingerprint density at radius 3 is 2.73 bits per heavy atom. The molecule has 3 rings (SSSR count). The maximum absolute atomic E-state index is 12.9. The lowest BCUT2D eigenvalue weighted by molar-refractivity contribution is -0.137. The second kappa shape index (κ2) is 6.78. The Morgan fingerprint density at radius 1 is 1.27 bits per heavy atom. The maximum atomic E-state index is 12.9. The Balaban J connectivity index is 1.95. The lowest BCUT2D eigenvalue weighted by Crippen LogP contribution is -2.08. The van der Waals surface area contributed by atoms with E-state index in [2.05, 4.69) is 10.1 Å². The fourth-order valence-electron chi connectivity index (χ4n) is 2.68. The van der Waals surface area contributed by atoms with Gasteiger partial charge in [0, 0.05) is 18.3 Å². The minimum absolute atomic E-state index is 0.239. The Labute approximate surface area is 147 Å². The van der Waals surface area contributed by atoms with E-state index in [1.807, 2.05) is 0 Å². The van der Waals surface area contributed by atoms with Crippen molar-refractivity contribution < 1.29 is 22.7 Å². The van der Waals surface area contributed by atoms with E-state index >= 15 is 0 Å². The van der Waals surface area contributed by atoms with Gasteiger partial charge in [0.1, 0.15) is 5.56 Å². The smallest absolute Gasteiger partial charge is 0.416 e. The van der Waals surface area contributed by atoms with Gasteiger partial charge in [-0.3, -0.25) is 0 Å². The molecule has 0 aliphatic rings. The normalized spacial score (nSPS) is 11.7. The molecule has 2 heterocycles. The Hall–Kier alpha value is -2.90. The number of aromatic nitrogens is 3. The zero-order valence-corrected chi connectivity index (χ0v) is 14.2. The summed E-state index contributed by atoms with van der Waals surface area (Å²) in [5.41, 5.74) is 1.85. The van der Waals surface area contributed by atoms with Crippen LogP contribution in [0, 0.1) is 6.92 Å². The quantitative estimate of drug-likeness (QED) is 0.661. The molecule has 0 aliphatic carbocycles. The van der Waals surface area contributed by atoms with Crippen molar-refractivity contribution in [3.63, 3.8) is 0 Å². The molecular weight excluding hydrogens is 347 g/mol. The van der Waals surface area contributed by atoms with Crippen LogP contribution in [0.25, 0.3) is 5.65 Å². The predicted molar refractivity (Wildman–Crippen MR) is 87.9 cm³/mol. The van der Waals surface area contributed by atoms with Gasteiger partial charge in [0.15, 0.2) is 5.65 Å². The number of carbonyl (C=O) groups is 1. The molecular formula is C18H16F3N3O2. The van der Waals surface area contributed by atoms with E-state index in [9.17, 15) is 18.0 Å². The second-order valence-electron chi connectivity index (χ2n) is 5.76. The topological polar surface area (TPSA) is 56.5 Å². The van der Waals surface area contributed by atoms with Crippen LogP contribution < -0.4 is 0 Å². The van der Waals surface area contributed by atoms with E-state index in [1.165, 1.54) is 16.8 Å². The third-order valence-electron chi connectivity index (χ3n) is 4.01. The third kappa shape index (κ3) is 3.40. The molecule has 136 valence electrons. The molecule has 0 aliphatic heterocycles. The van der Waals surface area contributed by atoms with Gasteiger partial charge in [-0.05, 0) is 31.0 Å². The van der Waals surface area contributed by atoms with Gasteiger partial charge in [-0.25, -0.2) is 14.3 Å². The van der Waals surface area contributed by atoms with Crippen molar-refractivity contribution in [2.24, 2.45) is 0 Å². The number of hydrogen-bond donors (Lipinski definition) is 0. The van der Waals surface area contributed by atoms with Crippen LogP contribution in [0.2, 0.25) is 0 Å². The largest absolute Gasteiger partial charge is 0.462 e. The molecule has 0 saturated carbocycles. The first-order chi connectivity index (χ1) is 12.3. The van der Waals surface area contributed by atoms with Crippen LogP contribution in [0.3, 0.4) is 0 Å². The van der Waals surface area contributed by atoms with Crippen molar-refractivity contribution in [2.45, 2.75) is 26.4 Å². The number of rotatable bonds is 4. The molecule has 0 amide bonds. The molecule has 0 bridgehead atoms. The van der Waals surface area contributed by atoms with E-state index < -0.39 is 17.7 Å². The summed E-state index contributed by atoms with van der Waals surface area (Å²) < 4.78 is 45.1. The molecule has 0 unspecified atom stereocenters. The summed E-state index contributed by atoms with van der Waals surface area (Å²) in [5, 5.41) is 4.15. The highest BCUT2D eigenvalue weighted by Crippen LogP contribution is 2.30. The Kier molecular flexibility index (Phi) is 4.67. The molecule has 8 heteroatoms. The van der Waals surface area contributed by atoms with E-state index in [1.54, 1.807) is 26.1 Å². The van der Waals surface area contributed by atoms with Gasteiger partial charge < -0.3 is 4.74 Å². The third-order valence-corrected chi connectivity index (χ3v) is 4.01. The predicted octanol–water partition coefficient (Wildman–Crippen LogP) is 3.82. The van der Waals surface area contributed by atoms with Crippen molar-refractivity contribution in [1.29, 1.82) is 0 Å². The minimum atomic E-state index is -4.39. The number of halogens is 3. The molecule has 2 aromatic heterocycles. The molecule has 0 spiro atoms. The first-order valence-electron chi connectivity index (χ1n) is 7.96. The van der Waals surface area contributed by atoms with Crippen molar-refractivity contribution >= 4 is 11.6 Å². The number of benzene rings is 1. The number of ether oxygens (including phenoxy) is 1. The number of esters is 1. The van der Waals surface area contributed by atoms with Crippen LogP contribution in [-0.4, -0.2) is 27.2 Å². The second-order valence-corrected chi connectivity index (χ2v) is 5.76. The molecule has 0 radical (unpaired) electrons. The summed E-state index contributed by atoms with van der Waals surface area (Å²) >= 11 is 0. The fourth-order valence-corrected chi connectivity index (χ4v) is 2.68. The van der Waals surface area contributed by atoms with Gasteiger partial charge in [-0.15, -0.1) is 0 Å². The summed E-state index contributed by atoms with van der Waals surface area (Å²) in [6.07, 6.45) is -1.19. The van der Waals surface area contributed by atoms with E-state index in [4.69, 9.17) is 4.74 Å². The fraction of sp³-hybridized carbons (Fsp3) is 0.278. The average molecular weight is 363 g/mol. The molecule has 0 atom stereocenters. The van der Waals surface area contributed by atoms with Crippen molar-refractivity contribution in [1.82, 2.24) is 14.6 Å². The summed E-state index contributed by atoms with van der Waals surface area (Å²) in [5.74, 6) is -0.514. The summed E-state index contributed by atoms with van der Waals surface area (Å²) in [6.45, 7) is 3.72. The van der Waals surface area contributed by atoms with Crippen molar-refractivity contribution in [3.05, 3.63) is 64.6 Å². The molecule has 5 nitrogen and oxygen atoms in total. The zero-order valence-electron chi connectivity index (χ0n) is 14.2. The molecule has 3 aromatic rings. The molecule has 0 fully saturated rings. The number of hydrogen-bond acceptors (Lipinski definition) is 4. The van der Waals surface area contributed by atoms with Crippen molar-refractivity contribution in [2.75, 3.05) is 6.61 Å². The first kappa shape index (κ1) is 17.9. The van der Waals surface area contributed by atoms with Crippen LogP contribution in [-0.2, 0) is 17.3 Å². The highest BCUT2D eigenvalue weighted by atomic mass is 19.4. The SMILES string of the molecule is CCOC(=O)c1cnn2c(C)c(Cc3cccc(C(F)(F)F)c3)cnc12. The number of carbonyl (C=O) groups excluding carboxylic acids is 1. The number of nitrogens with zero attached hydrogens (tertiary/aromatic N) is 3. The summed E-state index contributed by atoms with van der Waals surface area (Å²) in [7, 11) is 0. The van der Waals surface area contributed by atoms with Gasteiger partial charge in [-0.1, -0.05) is 18.2 Å². The molecule has 0 N–H and O–H groups in total. The number of alkyl halides is 3. The maximum Gasteiger partial charge on any atom is 0.416 e. The van der Waals surface area contributed by atoms with Crippen LogP contribution in [0.1, 0.15) is 39.7 Å². The lowest BCUT2D eigenvalue weighted by atomic mass is 10.0. The van der Waals surface area contributed by atoms with E-state index in [-0.39, 0.29) is 18.6 Å². The van der Waals surface area contributed by atoms with E-state index in [0.717, 1.165) is 17.7 Å². The van der Waals surface area contributed by atoms with E-state index in [0.29, 0.717) is 16.9 Å². The summed E-state index contributed by atoms with van der Waals surface area (Å²) in [4.78, 5) is 16.2. The monoisotopic (exact) mass is 363 g/mol. The highest BCUT2D eigenvalue weighted by molar-refractivity contribution is 5.95. The van der Waals surface area contributed by atoms with Gasteiger partial charge in [0.05, 0.1) is 18.4 Å². The average Bonchev–Trinajstić information content (AvgIpc) is 3.02. The minimum Gasteiger partial charge on any atom is -0.462 e. The number of aryl methyl sites for hydroxylation is 1. The van der Waals surface area contributed by atoms with Gasteiger partial charge in [0.2, 0.25) is 0 Å². The van der Waals surface area contributed by atoms with Gasteiger partial charge in [0.25, 0.3) is 0 Å².